The summed E-state index contributed by atoms with van der Waals surface area (Å²) in [5.74, 6) is 0.741. The van der Waals surface area contributed by atoms with Crippen molar-refractivity contribution in [1.82, 2.24) is 0 Å². The van der Waals surface area contributed by atoms with Gasteiger partial charge in [0.15, 0.2) is 0 Å². The second-order valence-electron chi connectivity index (χ2n) is 3.34. The van der Waals surface area contributed by atoms with Crippen LogP contribution in [0.3, 0.4) is 0 Å². The lowest BCUT2D eigenvalue weighted by atomic mass is 9.89. The summed E-state index contributed by atoms with van der Waals surface area (Å²) in [6.07, 6.45) is 0. The molecule has 0 spiro atoms. The van der Waals surface area contributed by atoms with E-state index in [0.717, 1.165) is 5.82 Å². The summed E-state index contributed by atoms with van der Waals surface area (Å²) in [5, 5.41) is 0. The number of rotatable bonds is 3. The summed E-state index contributed by atoms with van der Waals surface area (Å²) < 4.78 is 0.670. The highest BCUT2D eigenvalue weighted by molar-refractivity contribution is 14.1. The van der Waals surface area contributed by atoms with Crippen molar-refractivity contribution in [2.75, 3.05) is 0 Å². The molecule has 2 unspecified atom stereocenters. The molecule has 0 aliphatic heterocycles. The molecular weight excluding hydrogens is 292 g/mol. The van der Waals surface area contributed by atoms with Gasteiger partial charge < -0.3 is 0 Å². The summed E-state index contributed by atoms with van der Waals surface area (Å²) in [4.78, 5) is 0. The van der Waals surface area contributed by atoms with Gasteiger partial charge >= 0.3 is 0 Å². The predicted octanol–water partition coefficient (Wildman–Crippen LogP) is 3.62. The van der Waals surface area contributed by atoms with Gasteiger partial charge in [-0.25, -0.2) is 0 Å². The van der Waals surface area contributed by atoms with E-state index in [1.165, 1.54) is 6.04 Å². The molecule has 0 saturated heterocycles. The predicted molar refractivity (Wildman–Crippen MR) is 67.1 cm³/mol. The Morgan fingerprint density at radius 1 is 1.70 bits per heavy atom. The summed E-state index contributed by atoms with van der Waals surface area (Å²) in [6.45, 7) is 6.67. The summed E-state index contributed by atoms with van der Waals surface area (Å²) >= 11 is 8.63. The molecule has 0 aliphatic rings. The first-order valence-electron chi connectivity index (χ1n) is 3.41. The van der Waals surface area contributed by atoms with Crippen LogP contribution in [-0.2, 0) is 0 Å². The Labute approximate surface area is 85.7 Å². The van der Waals surface area contributed by atoms with Crippen LogP contribution in [0.4, 0.5) is 0 Å². The maximum absolute atomic E-state index is 6.20. The fourth-order valence-corrected chi connectivity index (χ4v) is 4.54. The second-order valence-corrected chi connectivity index (χ2v) is 13.8. The monoisotopic (exact) mass is 306 g/mol. The third-order valence-corrected chi connectivity index (χ3v) is 5.31. The van der Waals surface area contributed by atoms with Crippen molar-refractivity contribution < 1.29 is 0 Å². The molecule has 0 rings (SSSR count). The maximum Gasteiger partial charge on any atom is 0.242 e. The summed E-state index contributed by atoms with van der Waals surface area (Å²) in [6, 6.07) is 1.21. The van der Waals surface area contributed by atoms with Crippen LogP contribution in [0, 0.1) is 0 Å². The van der Waals surface area contributed by atoms with Crippen molar-refractivity contribution in [2.45, 2.75) is 31.9 Å². The average molecular weight is 306 g/mol. The molecule has 5 heteroatoms. The first-order chi connectivity index (χ1) is 4.33. The minimum atomic E-state index is -1.33. The Balaban J connectivity index is 3.68. The van der Waals surface area contributed by atoms with Crippen LogP contribution < -0.4 is 0 Å². The largest absolute Gasteiger partial charge is 0.242 e. The van der Waals surface area contributed by atoms with Gasteiger partial charge in [-0.3, -0.25) is 0 Å². The van der Waals surface area contributed by atoms with E-state index in [1.807, 2.05) is 0 Å². The van der Waals surface area contributed by atoms with E-state index in [2.05, 4.69) is 51.5 Å². The Morgan fingerprint density at radius 3 is 2.20 bits per heavy atom. The molecule has 0 saturated carbocycles. The van der Waals surface area contributed by atoms with Crippen molar-refractivity contribution in [3.8, 4) is 0 Å². The van der Waals surface area contributed by atoms with Crippen LogP contribution in [0.15, 0.2) is 0 Å². The minimum Gasteiger partial charge on any atom is -0.168 e. The quantitative estimate of drug-likeness (QED) is 0.323. The zero-order valence-electron chi connectivity index (χ0n) is 6.70. The lowest BCUT2D eigenvalue weighted by Crippen LogP contribution is -2.20. The second kappa shape index (κ2) is 4.68. The van der Waals surface area contributed by atoms with Gasteiger partial charge in [0.2, 0.25) is 4.29 Å². The number of halogens is 2. The average Bonchev–Trinajstić information content (AvgIpc) is 1.60. The van der Waals surface area contributed by atoms with Crippen molar-refractivity contribution in [3.63, 3.8) is 0 Å². The topological polar surface area (TPSA) is 0 Å². The first kappa shape index (κ1) is 11.7. The number of hydrogen-bond donors (Lipinski definition) is 0. The number of hydrogen-bond acceptors (Lipinski definition) is 0. The molecule has 2 atom stereocenters. The van der Waals surface area contributed by atoms with Gasteiger partial charge in [0.25, 0.3) is 0 Å². The normalized spacial score (nSPS) is 15.0. The highest BCUT2D eigenvalue weighted by Gasteiger charge is 2.24. The van der Waals surface area contributed by atoms with Gasteiger partial charge in [0, 0.05) is 0 Å². The van der Waals surface area contributed by atoms with Crippen molar-refractivity contribution >= 4 is 54.2 Å². The molecular formula is C5H14BClIPSi. The zero-order valence-corrected chi connectivity index (χ0v) is 11.8. The minimum absolute atomic E-state index is 0.670. The van der Waals surface area contributed by atoms with E-state index in [1.54, 1.807) is 0 Å². The molecule has 60 valence electrons. The smallest absolute Gasteiger partial charge is 0.168 e. The molecule has 0 N–H and O–H groups in total. The third-order valence-electron chi connectivity index (χ3n) is 1.35. The highest BCUT2D eigenvalue weighted by atomic mass is 127. The molecule has 0 aromatic heterocycles. The Bertz CT molecular complexity index is 106. The molecule has 0 heterocycles. The summed E-state index contributed by atoms with van der Waals surface area (Å²) in [5.41, 5.74) is 0. The van der Waals surface area contributed by atoms with Gasteiger partial charge in [-0.2, -0.15) is 20.2 Å². The summed E-state index contributed by atoms with van der Waals surface area (Å²) in [7, 11) is 1.50. The zero-order chi connectivity index (χ0) is 8.36. The van der Waals surface area contributed by atoms with Gasteiger partial charge in [0.05, 0.1) is 0 Å². The molecule has 0 aliphatic carbocycles. The van der Waals surface area contributed by atoms with Crippen LogP contribution in [0.2, 0.25) is 25.0 Å². The fourth-order valence-electron chi connectivity index (χ4n) is 0.878. The van der Waals surface area contributed by atoms with E-state index in [0.29, 0.717) is 4.29 Å². The molecule has 0 aromatic rings. The van der Waals surface area contributed by atoms with Crippen LogP contribution >= 0.6 is 42.6 Å². The van der Waals surface area contributed by atoms with Crippen molar-refractivity contribution in [2.24, 2.45) is 0 Å². The van der Waals surface area contributed by atoms with Crippen LogP contribution in [0.25, 0.3) is 0 Å². The molecule has 10 heavy (non-hydrogen) atoms. The van der Waals surface area contributed by atoms with Crippen molar-refractivity contribution in [1.29, 1.82) is 0 Å². The van der Waals surface area contributed by atoms with Crippen molar-refractivity contribution in [3.05, 3.63) is 0 Å². The van der Waals surface area contributed by atoms with E-state index < -0.39 is 7.38 Å². The standard InChI is InChI=1S/C5H14BClIPSi/c1-5(6(8)9)4-10(2,3)7/h5H,4,9H2,1-3H3. The maximum atomic E-state index is 6.20. The highest BCUT2D eigenvalue weighted by Crippen LogP contribution is 2.31. The lowest BCUT2D eigenvalue weighted by molar-refractivity contribution is 1.04. The van der Waals surface area contributed by atoms with Crippen LogP contribution in [0.1, 0.15) is 6.92 Å². The third kappa shape index (κ3) is 6.44. The Morgan fingerprint density at radius 2 is 2.10 bits per heavy atom. The molecule has 0 nitrogen and oxygen atoms in total. The lowest BCUT2D eigenvalue weighted by Gasteiger charge is -2.18. The van der Waals surface area contributed by atoms with Gasteiger partial charge in [-0.1, -0.05) is 25.8 Å². The fraction of sp³-hybridized carbons (Fsp3) is 1.00. The molecule has 0 bridgehead atoms. The van der Waals surface area contributed by atoms with Gasteiger partial charge in [-0.05, 0) is 6.04 Å². The molecule has 0 radical (unpaired) electrons. The Kier molecular flexibility index (Phi) is 5.49. The first-order valence-corrected chi connectivity index (χ1v) is 9.54. The van der Waals surface area contributed by atoms with E-state index in [-0.39, 0.29) is 0 Å². The molecule has 0 fully saturated rings. The molecule has 0 amide bonds. The van der Waals surface area contributed by atoms with E-state index >= 15 is 0 Å². The Hall–Kier alpha value is 1.73. The molecule has 0 aromatic carbocycles. The van der Waals surface area contributed by atoms with Crippen LogP contribution in [-0.4, -0.2) is 11.7 Å². The van der Waals surface area contributed by atoms with Gasteiger partial charge in [0.1, 0.15) is 7.38 Å². The van der Waals surface area contributed by atoms with Gasteiger partial charge in [-0.15, -0.1) is 22.4 Å². The van der Waals surface area contributed by atoms with E-state index in [9.17, 15) is 0 Å². The van der Waals surface area contributed by atoms with Crippen LogP contribution in [0.5, 0.6) is 0 Å². The van der Waals surface area contributed by atoms with E-state index in [4.69, 9.17) is 11.1 Å². The SMILES string of the molecule is CC(C[Si](C)(C)Cl)B(P)I.